The summed E-state index contributed by atoms with van der Waals surface area (Å²) < 4.78 is 30.0. The molecule has 0 aliphatic carbocycles. The Morgan fingerprint density at radius 2 is 1.97 bits per heavy atom. The Morgan fingerprint density at radius 3 is 2.64 bits per heavy atom. The van der Waals surface area contributed by atoms with Gasteiger partial charge >= 0.3 is 0 Å². The van der Waals surface area contributed by atoms with E-state index in [2.05, 4.69) is 28.7 Å². The van der Waals surface area contributed by atoms with Crippen molar-refractivity contribution in [2.75, 3.05) is 12.3 Å². The largest absolute Gasteiger partial charge is 0.390 e. The van der Waals surface area contributed by atoms with Crippen LogP contribution in [0.4, 0.5) is 5.82 Å². The Balaban J connectivity index is 1.94. The van der Waals surface area contributed by atoms with Crippen molar-refractivity contribution in [1.82, 2.24) is 24.5 Å². The second kappa shape index (κ2) is 9.58. The molecule has 2 aromatic heterocycles. The summed E-state index contributed by atoms with van der Waals surface area (Å²) in [5.41, 5.74) is 8.40. The van der Waals surface area contributed by atoms with E-state index in [0.717, 1.165) is 17.7 Å². The molecule has 0 bridgehead atoms. The lowest BCUT2D eigenvalue weighted by Gasteiger charge is -2.17. The van der Waals surface area contributed by atoms with Crippen LogP contribution in [0, 0.1) is 12.8 Å². The summed E-state index contributed by atoms with van der Waals surface area (Å²) in [5, 5.41) is 14.2. The predicted octanol–water partition coefficient (Wildman–Crippen LogP) is 2.99. The summed E-state index contributed by atoms with van der Waals surface area (Å²) in [6, 6.07) is 4.86. The number of benzene rings is 1. The molecule has 9 nitrogen and oxygen atoms in total. The maximum Gasteiger partial charge on any atom is 0.240 e. The van der Waals surface area contributed by atoms with Gasteiger partial charge in [-0.25, -0.2) is 23.1 Å². The number of nitrogens with two attached hydrogens (primary N) is 1. The molecule has 1 aromatic carbocycles. The molecular formula is C23H32N6O3S. The van der Waals surface area contributed by atoms with Crippen molar-refractivity contribution in [2.24, 2.45) is 5.92 Å². The van der Waals surface area contributed by atoms with Gasteiger partial charge in [0.2, 0.25) is 10.0 Å². The smallest absolute Gasteiger partial charge is 0.240 e. The topological polar surface area (TPSA) is 136 Å². The number of hydrogen-bond donors (Lipinski definition) is 3. The van der Waals surface area contributed by atoms with E-state index < -0.39 is 15.6 Å². The van der Waals surface area contributed by atoms with Crippen molar-refractivity contribution in [3.8, 4) is 22.5 Å². The highest BCUT2D eigenvalue weighted by Gasteiger charge is 2.20. The number of anilines is 1. The molecule has 0 amide bonds. The zero-order valence-corrected chi connectivity index (χ0v) is 20.5. The Kier molecular flexibility index (Phi) is 7.20. The van der Waals surface area contributed by atoms with E-state index in [1.807, 2.05) is 17.8 Å². The van der Waals surface area contributed by atoms with Gasteiger partial charge in [-0.2, -0.15) is 5.10 Å². The maximum atomic E-state index is 12.8. The zero-order chi connectivity index (χ0) is 24.4. The van der Waals surface area contributed by atoms with Gasteiger partial charge in [-0.1, -0.05) is 19.9 Å². The van der Waals surface area contributed by atoms with Crippen molar-refractivity contribution in [1.29, 1.82) is 0 Å². The fourth-order valence-electron chi connectivity index (χ4n) is 3.32. The third kappa shape index (κ3) is 6.37. The van der Waals surface area contributed by atoms with E-state index in [1.54, 1.807) is 38.2 Å². The van der Waals surface area contributed by atoms with Crippen LogP contribution < -0.4 is 10.5 Å². The van der Waals surface area contributed by atoms with Crippen LogP contribution in [-0.4, -0.2) is 45.4 Å². The SMILES string of the molecule is Cc1ccc(S(=O)(=O)NCCC(C)(C)O)cc1-c1cnc(N)c(-c2cnn(CC(C)C)c2)n1. The molecule has 0 unspecified atom stereocenters. The van der Waals surface area contributed by atoms with Crippen LogP contribution in [0.15, 0.2) is 41.7 Å². The first-order valence-corrected chi connectivity index (χ1v) is 12.3. The molecule has 3 rings (SSSR count). The molecule has 3 aromatic rings. The summed E-state index contributed by atoms with van der Waals surface area (Å²) in [6.45, 7) is 10.3. The second-order valence-electron chi connectivity index (χ2n) is 9.27. The minimum atomic E-state index is -3.76. The van der Waals surface area contributed by atoms with Gasteiger partial charge in [-0.15, -0.1) is 0 Å². The molecule has 0 aliphatic heterocycles. The van der Waals surface area contributed by atoms with Gasteiger partial charge in [0.1, 0.15) is 11.5 Å². The predicted molar refractivity (Wildman–Crippen MR) is 129 cm³/mol. The Labute approximate surface area is 195 Å². The molecular weight excluding hydrogens is 440 g/mol. The van der Waals surface area contributed by atoms with Crippen LogP contribution >= 0.6 is 0 Å². The number of nitrogen functional groups attached to an aromatic ring is 1. The first kappa shape index (κ1) is 24.8. The highest BCUT2D eigenvalue weighted by molar-refractivity contribution is 7.89. The van der Waals surface area contributed by atoms with Crippen molar-refractivity contribution >= 4 is 15.8 Å². The number of nitrogens with zero attached hydrogens (tertiary/aromatic N) is 4. The van der Waals surface area contributed by atoms with E-state index in [9.17, 15) is 13.5 Å². The summed E-state index contributed by atoms with van der Waals surface area (Å²) in [5.74, 6) is 0.717. The first-order valence-electron chi connectivity index (χ1n) is 10.8. The van der Waals surface area contributed by atoms with Crippen LogP contribution in [0.25, 0.3) is 22.5 Å². The fraction of sp³-hybridized carbons (Fsp3) is 0.435. The Bertz CT molecular complexity index is 1230. The zero-order valence-electron chi connectivity index (χ0n) is 19.7. The molecule has 2 heterocycles. The number of hydrogen-bond acceptors (Lipinski definition) is 7. The minimum absolute atomic E-state index is 0.115. The Morgan fingerprint density at radius 1 is 1.24 bits per heavy atom. The summed E-state index contributed by atoms with van der Waals surface area (Å²) in [7, 11) is -3.76. The highest BCUT2D eigenvalue weighted by atomic mass is 32.2. The summed E-state index contributed by atoms with van der Waals surface area (Å²) in [6.07, 6.45) is 5.41. The number of sulfonamides is 1. The highest BCUT2D eigenvalue weighted by Crippen LogP contribution is 2.29. The molecule has 0 saturated carbocycles. The van der Waals surface area contributed by atoms with Gasteiger partial charge < -0.3 is 10.8 Å². The van der Waals surface area contributed by atoms with Crippen molar-refractivity contribution < 1.29 is 13.5 Å². The Hall–Kier alpha value is -2.82. The van der Waals surface area contributed by atoms with Crippen molar-refractivity contribution in [3.05, 3.63) is 42.4 Å². The monoisotopic (exact) mass is 472 g/mol. The standard InChI is InChI=1S/C23H32N6O3S/c1-15(2)13-29-14-17(11-26-29)21-22(24)25-12-20(28-21)19-10-18(7-6-16(19)3)33(31,32)27-9-8-23(4,5)30/h6-7,10-12,14-15,27,30H,8-9,13H2,1-5H3,(H2,24,25). The average Bonchev–Trinajstić information content (AvgIpc) is 3.15. The molecule has 0 fully saturated rings. The van der Waals surface area contributed by atoms with Crippen LogP contribution in [0.3, 0.4) is 0 Å². The molecule has 0 spiro atoms. The summed E-state index contributed by atoms with van der Waals surface area (Å²) >= 11 is 0. The average molecular weight is 473 g/mol. The quantitative estimate of drug-likeness (QED) is 0.435. The van der Waals surface area contributed by atoms with E-state index in [-0.39, 0.29) is 17.3 Å². The molecule has 0 saturated heterocycles. The number of aromatic nitrogens is 4. The normalized spacial score (nSPS) is 12.5. The lowest BCUT2D eigenvalue weighted by atomic mass is 10.1. The molecule has 33 heavy (non-hydrogen) atoms. The number of aliphatic hydroxyl groups is 1. The number of nitrogens with one attached hydrogen (secondary N) is 1. The molecule has 0 radical (unpaired) electrons. The molecule has 0 atom stereocenters. The van der Waals surface area contributed by atoms with E-state index in [1.165, 1.54) is 6.20 Å². The van der Waals surface area contributed by atoms with E-state index >= 15 is 0 Å². The minimum Gasteiger partial charge on any atom is -0.390 e. The van der Waals surface area contributed by atoms with E-state index in [4.69, 9.17) is 10.7 Å². The van der Waals surface area contributed by atoms with Gasteiger partial charge in [0.15, 0.2) is 0 Å². The molecule has 0 aliphatic rings. The van der Waals surface area contributed by atoms with Crippen LogP contribution in [-0.2, 0) is 16.6 Å². The van der Waals surface area contributed by atoms with Crippen LogP contribution in [0.2, 0.25) is 0 Å². The molecule has 10 heteroatoms. The number of rotatable bonds is 9. The fourth-order valence-corrected chi connectivity index (χ4v) is 4.38. The molecule has 178 valence electrons. The van der Waals surface area contributed by atoms with Crippen molar-refractivity contribution in [2.45, 2.75) is 58.1 Å². The van der Waals surface area contributed by atoms with Gasteiger partial charge in [0, 0.05) is 30.4 Å². The lowest BCUT2D eigenvalue weighted by molar-refractivity contribution is 0.0728. The number of aryl methyl sites for hydroxylation is 1. The van der Waals surface area contributed by atoms with E-state index in [0.29, 0.717) is 29.3 Å². The van der Waals surface area contributed by atoms with Crippen LogP contribution in [0.1, 0.15) is 39.7 Å². The lowest BCUT2D eigenvalue weighted by Crippen LogP contribution is -2.30. The van der Waals surface area contributed by atoms with Crippen LogP contribution in [0.5, 0.6) is 0 Å². The third-order valence-electron chi connectivity index (χ3n) is 5.08. The third-order valence-corrected chi connectivity index (χ3v) is 6.54. The van der Waals surface area contributed by atoms with Gasteiger partial charge in [0.25, 0.3) is 0 Å². The van der Waals surface area contributed by atoms with Crippen molar-refractivity contribution in [3.63, 3.8) is 0 Å². The summed E-state index contributed by atoms with van der Waals surface area (Å²) in [4.78, 5) is 9.11. The first-order chi connectivity index (χ1) is 15.4. The molecule has 4 N–H and O–H groups in total. The second-order valence-corrected chi connectivity index (χ2v) is 11.0. The van der Waals surface area contributed by atoms with Gasteiger partial charge in [-0.05, 0) is 50.8 Å². The maximum absolute atomic E-state index is 12.8. The van der Waals surface area contributed by atoms with Gasteiger partial charge in [0.05, 0.1) is 28.6 Å². The van der Waals surface area contributed by atoms with Gasteiger partial charge in [-0.3, -0.25) is 4.68 Å².